The molecule has 0 radical (unpaired) electrons. The molecule has 3 nitrogen and oxygen atoms in total. The molecule has 29 heavy (non-hydrogen) atoms. The first-order chi connectivity index (χ1) is 14.1. The first-order valence-electron chi connectivity index (χ1n) is 11.7. The number of hydrogen-bond acceptors (Lipinski definition) is 3. The predicted octanol–water partition coefficient (Wildman–Crippen LogP) is 5.65. The molecule has 1 aliphatic carbocycles. The highest BCUT2D eigenvalue weighted by atomic mass is 79.9. The maximum absolute atomic E-state index is 6.20. The minimum absolute atomic E-state index is 0.730. The lowest BCUT2D eigenvalue weighted by Crippen LogP contribution is -2.56. The molecule has 0 spiro atoms. The average Bonchev–Trinajstić information content (AvgIpc) is 2.74. The van der Waals surface area contributed by atoms with Crippen molar-refractivity contribution in [3.8, 4) is 0 Å². The Labute approximate surface area is 190 Å². The van der Waals surface area contributed by atoms with Crippen LogP contribution in [0.2, 0.25) is 5.02 Å². The molecule has 2 saturated heterocycles. The van der Waals surface area contributed by atoms with Crippen LogP contribution in [0.5, 0.6) is 0 Å². The number of likely N-dealkylation sites (tertiary alicyclic amines) is 1. The zero-order chi connectivity index (χ0) is 20.2. The molecule has 162 valence electrons. The number of piperidine rings is 1. The predicted molar refractivity (Wildman–Crippen MR) is 127 cm³/mol. The standard InChI is InChI=1S/C24H37BrClN3/c1-27-18-29(22-5-3-2-4-6-22)14-11-23(27)17-28-12-9-19(10-13-28)15-20-16-21(26)7-8-24(20)25/h7-8,16,19,22-23H,2-6,9-15,17-18H2,1H3. The van der Waals surface area contributed by atoms with Crippen LogP contribution in [0.1, 0.15) is 56.9 Å². The molecule has 3 fully saturated rings. The summed E-state index contributed by atoms with van der Waals surface area (Å²) in [7, 11) is 2.35. The van der Waals surface area contributed by atoms with Crippen molar-refractivity contribution in [2.24, 2.45) is 5.92 Å². The van der Waals surface area contributed by atoms with Crippen LogP contribution in [0.3, 0.4) is 0 Å². The third kappa shape index (κ3) is 5.98. The molecule has 0 aromatic heterocycles. The van der Waals surface area contributed by atoms with Crippen molar-refractivity contribution in [1.82, 2.24) is 14.7 Å². The summed E-state index contributed by atoms with van der Waals surface area (Å²) >= 11 is 9.90. The molecule has 0 bridgehead atoms. The third-order valence-corrected chi connectivity index (χ3v) is 8.57. The first-order valence-corrected chi connectivity index (χ1v) is 12.9. The van der Waals surface area contributed by atoms with Crippen molar-refractivity contribution in [2.45, 2.75) is 69.9 Å². The van der Waals surface area contributed by atoms with Crippen molar-refractivity contribution < 1.29 is 0 Å². The summed E-state index contributed by atoms with van der Waals surface area (Å²) < 4.78 is 1.20. The molecule has 5 heteroatoms. The Morgan fingerprint density at radius 3 is 2.48 bits per heavy atom. The van der Waals surface area contributed by atoms with Crippen LogP contribution in [0, 0.1) is 5.92 Å². The third-order valence-electron chi connectivity index (χ3n) is 7.56. The molecule has 1 unspecified atom stereocenters. The van der Waals surface area contributed by atoms with Gasteiger partial charge in [-0.05, 0) is 88.3 Å². The minimum Gasteiger partial charge on any atom is -0.302 e. The fourth-order valence-electron chi connectivity index (χ4n) is 5.66. The Morgan fingerprint density at radius 1 is 1.00 bits per heavy atom. The van der Waals surface area contributed by atoms with Crippen LogP contribution in [-0.2, 0) is 6.42 Å². The molecule has 2 aliphatic heterocycles. The van der Waals surface area contributed by atoms with Crippen LogP contribution in [0.15, 0.2) is 22.7 Å². The van der Waals surface area contributed by atoms with Gasteiger partial charge in [0.2, 0.25) is 0 Å². The van der Waals surface area contributed by atoms with Crippen molar-refractivity contribution in [2.75, 3.05) is 39.9 Å². The van der Waals surface area contributed by atoms with E-state index in [0.29, 0.717) is 0 Å². The van der Waals surface area contributed by atoms with E-state index in [0.717, 1.165) is 29.4 Å². The SMILES string of the molecule is CN1CN(C2CCCCC2)CCC1CN1CCC(Cc2cc(Cl)ccc2Br)CC1. The fourth-order valence-corrected chi connectivity index (χ4v) is 6.27. The molecule has 1 saturated carbocycles. The van der Waals surface area contributed by atoms with Crippen LogP contribution in [0.4, 0.5) is 0 Å². The molecular weight excluding hydrogens is 446 g/mol. The van der Waals surface area contributed by atoms with Gasteiger partial charge >= 0.3 is 0 Å². The molecule has 1 aromatic carbocycles. The van der Waals surface area contributed by atoms with Crippen LogP contribution >= 0.6 is 27.5 Å². The summed E-state index contributed by atoms with van der Waals surface area (Å²) in [6.45, 7) is 6.23. The Hall–Kier alpha value is -0.130. The lowest BCUT2D eigenvalue weighted by atomic mass is 9.89. The van der Waals surface area contributed by atoms with Gasteiger partial charge in [0.15, 0.2) is 0 Å². The number of rotatable bonds is 5. The monoisotopic (exact) mass is 481 g/mol. The number of halogens is 2. The topological polar surface area (TPSA) is 9.72 Å². The summed E-state index contributed by atoms with van der Waals surface area (Å²) in [6.07, 6.45) is 12.3. The fraction of sp³-hybridized carbons (Fsp3) is 0.750. The molecule has 3 aliphatic rings. The smallest absolute Gasteiger partial charge is 0.0509 e. The second-order valence-electron chi connectivity index (χ2n) is 9.63. The molecule has 4 rings (SSSR count). The van der Waals surface area contributed by atoms with Gasteiger partial charge in [0.1, 0.15) is 0 Å². The van der Waals surface area contributed by atoms with Crippen molar-refractivity contribution >= 4 is 27.5 Å². The van der Waals surface area contributed by atoms with Gasteiger partial charge in [-0.2, -0.15) is 0 Å². The highest BCUT2D eigenvalue weighted by Gasteiger charge is 2.31. The lowest BCUT2D eigenvalue weighted by molar-refractivity contribution is 0.00326. The molecule has 2 heterocycles. The molecular formula is C24H37BrClN3. The Balaban J connectivity index is 1.21. The number of hydrogen-bond donors (Lipinski definition) is 0. The second kappa shape index (κ2) is 10.5. The van der Waals surface area contributed by atoms with Crippen LogP contribution in [-0.4, -0.2) is 66.7 Å². The van der Waals surface area contributed by atoms with E-state index in [2.05, 4.69) is 49.8 Å². The van der Waals surface area contributed by atoms with E-state index in [9.17, 15) is 0 Å². The second-order valence-corrected chi connectivity index (χ2v) is 10.9. The van der Waals surface area contributed by atoms with E-state index >= 15 is 0 Å². The average molecular weight is 483 g/mol. The maximum Gasteiger partial charge on any atom is 0.0509 e. The molecule has 0 N–H and O–H groups in total. The van der Waals surface area contributed by atoms with Gasteiger partial charge in [0.25, 0.3) is 0 Å². The summed E-state index contributed by atoms with van der Waals surface area (Å²) in [5.74, 6) is 0.784. The van der Waals surface area contributed by atoms with Gasteiger partial charge in [-0.15, -0.1) is 0 Å². The summed E-state index contributed by atoms with van der Waals surface area (Å²) in [6, 6.07) is 7.77. The Bertz CT molecular complexity index is 656. The minimum atomic E-state index is 0.730. The quantitative estimate of drug-likeness (QED) is 0.536. The van der Waals surface area contributed by atoms with Gasteiger partial charge in [0, 0.05) is 34.7 Å². The Kier molecular flexibility index (Phi) is 7.96. The van der Waals surface area contributed by atoms with Crippen LogP contribution in [0.25, 0.3) is 0 Å². The van der Waals surface area contributed by atoms with Crippen molar-refractivity contribution in [1.29, 1.82) is 0 Å². The van der Waals surface area contributed by atoms with E-state index in [4.69, 9.17) is 11.6 Å². The van der Waals surface area contributed by atoms with Crippen molar-refractivity contribution in [3.05, 3.63) is 33.3 Å². The molecule has 1 atom stereocenters. The van der Waals surface area contributed by atoms with E-state index < -0.39 is 0 Å². The Morgan fingerprint density at radius 2 is 1.76 bits per heavy atom. The van der Waals surface area contributed by atoms with Gasteiger partial charge < -0.3 is 4.90 Å². The van der Waals surface area contributed by atoms with E-state index in [1.807, 2.05) is 6.07 Å². The number of nitrogens with zero attached hydrogens (tertiary/aromatic N) is 3. The largest absolute Gasteiger partial charge is 0.302 e. The summed E-state index contributed by atoms with van der Waals surface area (Å²) in [5, 5.41) is 0.850. The van der Waals surface area contributed by atoms with Crippen LogP contribution < -0.4 is 0 Å². The number of likely N-dealkylation sites (N-methyl/N-ethyl adjacent to an activating group) is 1. The highest BCUT2D eigenvalue weighted by Crippen LogP contribution is 2.29. The van der Waals surface area contributed by atoms with Gasteiger partial charge in [-0.1, -0.05) is 46.8 Å². The van der Waals surface area contributed by atoms with Gasteiger partial charge in [0.05, 0.1) is 6.67 Å². The zero-order valence-electron chi connectivity index (χ0n) is 18.0. The summed E-state index contributed by atoms with van der Waals surface area (Å²) in [5.41, 5.74) is 1.37. The molecule has 0 amide bonds. The molecule has 1 aromatic rings. The van der Waals surface area contributed by atoms with E-state index in [1.54, 1.807) is 0 Å². The van der Waals surface area contributed by atoms with Gasteiger partial charge in [-0.25, -0.2) is 0 Å². The first kappa shape index (κ1) is 22.1. The number of benzene rings is 1. The highest BCUT2D eigenvalue weighted by molar-refractivity contribution is 9.10. The summed E-state index contributed by atoms with van der Waals surface area (Å²) in [4.78, 5) is 8.12. The van der Waals surface area contributed by atoms with E-state index in [1.165, 1.54) is 94.3 Å². The van der Waals surface area contributed by atoms with E-state index in [-0.39, 0.29) is 0 Å². The normalized spacial score (nSPS) is 26.8. The van der Waals surface area contributed by atoms with Crippen molar-refractivity contribution in [3.63, 3.8) is 0 Å². The maximum atomic E-state index is 6.20. The lowest BCUT2D eigenvalue weighted by Gasteiger charge is -2.46. The van der Waals surface area contributed by atoms with Gasteiger partial charge in [-0.3, -0.25) is 9.80 Å². The zero-order valence-corrected chi connectivity index (χ0v) is 20.3.